The molecule has 2 aromatic rings. The van der Waals surface area contributed by atoms with Gasteiger partial charge in [0.1, 0.15) is 0 Å². The van der Waals surface area contributed by atoms with Gasteiger partial charge in [-0.3, -0.25) is 4.79 Å². The fourth-order valence-electron chi connectivity index (χ4n) is 2.11. The van der Waals surface area contributed by atoms with Gasteiger partial charge in [0.2, 0.25) is 0 Å². The van der Waals surface area contributed by atoms with E-state index in [1.54, 1.807) is 24.3 Å². The highest BCUT2D eigenvalue weighted by atomic mass is 19.3. The van der Waals surface area contributed by atoms with Crippen molar-refractivity contribution < 1.29 is 32.5 Å². The number of halogens is 2. The molecule has 1 aliphatic rings. The van der Waals surface area contributed by atoms with E-state index in [9.17, 15) is 13.6 Å². The van der Waals surface area contributed by atoms with E-state index in [1.807, 2.05) is 0 Å². The van der Waals surface area contributed by atoms with Gasteiger partial charge >= 0.3 is 6.29 Å². The van der Waals surface area contributed by atoms with Crippen LogP contribution in [0.4, 0.5) is 14.5 Å². The van der Waals surface area contributed by atoms with Gasteiger partial charge in [-0.15, -0.1) is 8.78 Å². The number of rotatable bonds is 5. The zero-order valence-electron chi connectivity index (χ0n) is 12.5. The van der Waals surface area contributed by atoms with Crippen LogP contribution in [0, 0.1) is 0 Å². The van der Waals surface area contributed by atoms with Crippen molar-refractivity contribution in [3.05, 3.63) is 42.5 Å². The summed E-state index contributed by atoms with van der Waals surface area (Å²) in [5, 5.41) is 2.52. The summed E-state index contributed by atoms with van der Waals surface area (Å²) in [6.45, 7) is -0.273. The summed E-state index contributed by atoms with van der Waals surface area (Å²) < 4.78 is 45.0. The average molecular weight is 337 g/mol. The summed E-state index contributed by atoms with van der Waals surface area (Å²) in [5.41, 5.74) is 0.281. The Bertz CT molecular complexity index is 766. The van der Waals surface area contributed by atoms with Crippen molar-refractivity contribution >= 4 is 11.6 Å². The third kappa shape index (κ3) is 3.48. The Morgan fingerprint density at radius 1 is 1.12 bits per heavy atom. The van der Waals surface area contributed by atoms with E-state index in [0.717, 1.165) is 0 Å². The number of carbonyl (C=O) groups excluding carboxylic acids is 1. The lowest BCUT2D eigenvalue weighted by Gasteiger charge is -2.10. The number of hydrogen-bond acceptors (Lipinski definition) is 5. The summed E-state index contributed by atoms with van der Waals surface area (Å²) in [6.07, 6.45) is -3.70. The van der Waals surface area contributed by atoms with Crippen LogP contribution in [0.1, 0.15) is 0 Å². The Morgan fingerprint density at radius 3 is 2.58 bits per heavy atom. The molecule has 1 aliphatic heterocycles. The van der Waals surface area contributed by atoms with E-state index >= 15 is 0 Å². The number of carbonyl (C=O) groups is 1. The maximum Gasteiger partial charge on any atom is 0.586 e. The molecule has 0 saturated carbocycles. The zero-order valence-corrected chi connectivity index (χ0v) is 12.5. The molecule has 0 fully saturated rings. The Hall–Kier alpha value is -3.03. The number of fused-ring (bicyclic) bond motifs is 1. The van der Waals surface area contributed by atoms with E-state index in [2.05, 4.69) is 14.8 Å². The smallest absolute Gasteiger partial charge is 0.493 e. The molecule has 1 heterocycles. The summed E-state index contributed by atoms with van der Waals surface area (Å²) in [6, 6.07) is 10.8. The van der Waals surface area contributed by atoms with Crippen LogP contribution >= 0.6 is 0 Å². The van der Waals surface area contributed by atoms with Crippen LogP contribution in [0.2, 0.25) is 0 Å². The fourth-order valence-corrected chi connectivity index (χ4v) is 2.11. The Kier molecular flexibility index (Phi) is 4.11. The molecule has 3 rings (SSSR count). The van der Waals surface area contributed by atoms with Crippen molar-refractivity contribution in [2.75, 3.05) is 19.0 Å². The summed E-state index contributed by atoms with van der Waals surface area (Å²) in [7, 11) is 1.49. The first-order valence-electron chi connectivity index (χ1n) is 6.92. The first-order valence-corrected chi connectivity index (χ1v) is 6.92. The van der Waals surface area contributed by atoms with E-state index in [1.165, 1.54) is 25.3 Å². The number of methoxy groups -OCH3 is 1. The summed E-state index contributed by atoms with van der Waals surface area (Å²) >= 11 is 0. The number of para-hydroxylation sites is 2. The second-order valence-electron chi connectivity index (χ2n) is 4.82. The average Bonchev–Trinajstić information content (AvgIpc) is 2.86. The predicted molar refractivity (Wildman–Crippen MR) is 79.8 cm³/mol. The number of hydrogen-bond donors (Lipinski definition) is 1. The van der Waals surface area contributed by atoms with Crippen LogP contribution in [0.15, 0.2) is 42.5 Å². The molecule has 0 aliphatic carbocycles. The van der Waals surface area contributed by atoms with Crippen molar-refractivity contribution in [1.82, 2.24) is 0 Å². The molecule has 0 spiro atoms. The molecule has 0 aromatic heterocycles. The van der Waals surface area contributed by atoms with Crippen molar-refractivity contribution in [2.45, 2.75) is 6.29 Å². The van der Waals surface area contributed by atoms with Gasteiger partial charge < -0.3 is 24.3 Å². The van der Waals surface area contributed by atoms with Crippen LogP contribution in [0.5, 0.6) is 23.0 Å². The second-order valence-corrected chi connectivity index (χ2v) is 4.82. The highest BCUT2D eigenvalue weighted by Crippen LogP contribution is 2.42. The number of nitrogens with one attached hydrogen (secondary N) is 1. The van der Waals surface area contributed by atoms with E-state index in [4.69, 9.17) is 9.47 Å². The van der Waals surface area contributed by atoms with Crippen LogP contribution in [0.3, 0.4) is 0 Å². The van der Waals surface area contributed by atoms with Gasteiger partial charge in [-0.25, -0.2) is 0 Å². The molecule has 8 heteroatoms. The van der Waals surface area contributed by atoms with Crippen LogP contribution in [-0.2, 0) is 4.79 Å². The second kappa shape index (κ2) is 6.23. The predicted octanol–water partition coefficient (Wildman–Crippen LogP) is 3.03. The van der Waals surface area contributed by atoms with Crippen molar-refractivity contribution in [3.8, 4) is 23.0 Å². The molecular weight excluding hydrogens is 324 g/mol. The topological polar surface area (TPSA) is 66.0 Å². The van der Waals surface area contributed by atoms with E-state index in [-0.39, 0.29) is 23.8 Å². The first kappa shape index (κ1) is 15.9. The van der Waals surface area contributed by atoms with Gasteiger partial charge in [-0.2, -0.15) is 0 Å². The molecule has 0 saturated heterocycles. The van der Waals surface area contributed by atoms with Crippen molar-refractivity contribution in [2.24, 2.45) is 0 Å². The van der Waals surface area contributed by atoms with Crippen molar-refractivity contribution in [1.29, 1.82) is 0 Å². The van der Waals surface area contributed by atoms with E-state index < -0.39 is 12.2 Å². The molecule has 0 unspecified atom stereocenters. The molecule has 0 atom stereocenters. The number of anilines is 1. The molecule has 6 nitrogen and oxygen atoms in total. The molecule has 0 bridgehead atoms. The van der Waals surface area contributed by atoms with Gasteiger partial charge in [-0.05, 0) is 24.3 Å². The van der Waals surface area contributed by atoms with Gasteiger partial charge in [0.25, 0.3) is 5.91 Å². The monoisotopic (exact) mass is 337 g/mol. The molecule has 126 valence electrons. The van der Waals surface area contributed by atoms with Crippen LogP contribution < -0.4 is 24.3 Å². The number of benzene rings is 2. The van der Waals surface area contributed by atoms with Gasteiger partial charge in [0.05, 0.1) is 7.11 Å². The maximum atomic E-state index is 12.9. The standard InChI is InChI=1S/C16H13F2NO5/c1-21-11-4-2-3-5-12(11)22-9-15(20)19-10-6-7-13-14(8-10)24-16(17,18)23-13/h2-8H,9H2,1H3,(H,19,20). The lowest BCUT2D eigenvalue weighted by Crippen LogP contribution is -2.25. The molecular formula is C16H13F2NO5. The summed E-state index contributed by atoms with van der Waals surface area (Å²) in [4.78, 5) is 11.9. The highest BCUT2D eigenvalue weighted by molar-refractivity contribution is 5.92. The minimum Gasteiger partial charge on any atom is -0.493 e. The van der Waals surface area contributed by atoms with Crippen LogP contribution in [-0.4, -0.2) is 25.9 Å². The third-order valence-electron chi connectivity index (χ3n) is 3.11. The number of alkyl halides is 2. The lowest BCUT2D eigenvalue weighted by atomic mass is 10.3. The Balaban J connectivity index is 1.60. The third-order valence-corrected chi connectivity index (χ3v) is 3.11. The summed E-state index contributed by atoms with van der Waals surface area (Å²) in [5.74, 6) is 0.203. The quantitative estimate of drug-likeness (QED) is 0.908. The minimum absolute atomic E-state index is 0.0942. The highest BCUT2D eigenvalue weighted by Gasteiger charge is 2.43. The normalized spacial score (nSPS) is 14.1. The molecule has 1 N–H and O–H groups in total. The maximum absolute atomic E-state index is 12.9. The van der Waals surface area contributed by atoms with Gasteiger partial charge in [-0.1, -0.05) is 12.1 Å². The molecule has 2 aromatic carbocycles. The lowest BCUT2D eigenvalue weighted by molar-refractivity contribution is -0.286. The van der Waals surface area contributed by atoms with E-state index in [0.29, 0.717) is 11.5 Å². The Morgan fingerprint density at radius 2 is 1.83 bits per heavy atom. The molecule has 1 amide bonds. The molecule has 0 radical (unpaired) electrons. The zero-order chi connectivity index (χ0) is 17.2. The fraction of sp³-hybridized carbons (Fsp3) is 0.188. The van der Waals surface area contributed by atoms with Crippen molar-refractivity contribution in [3.63, 3.8) is 0 Å². The molecule has 24 heavy (non-hydrogen) atoms. The van der Waals surface area contributed by atoms with Crippen LogP contribution in [0.25, 0.3) is 0 Å². The number of amides is 1. The van der Waals surface area contributed by atoms with Gasteiger partial charge in [0.15, 0.2) is 29.6 Å². The largest absolute Gasteiger partial charge is 0.586 e. The first-order chi connectivity index (χ1) is 11.5. The minimum atomic E-state index is -3.70. The van der Waals surface area contributed by atoms with Gasteiger partial charge in [0, 0.05) is 11.8 Å². The number of ether oxygens (including phenoxy) is 4. The SMILES string of the molecule is COc1ccccc1OCC(=O)Nc1ccc2c(c1)OC(F)(F)O2. The Labute approximate surface area is 135 Å².